The molecule has 1 saturated heterocycles. The van der Waals surface area contributed by atoms with Crippen LogP contribution in [0.2, 0.25) is 10.0 Å². The molecule has 1 aromatic carbocycles. The van der Waals surface area contributed by atoms with Crippen molar-refractivity contribution in [1.29, 1.82) is 0 Å². The first-order valence-electron chi connectivity index (χ1n) is 8.02. The first-order valence-corrected chi connectivity index (χ1v) is 8.78. The zero-order valence-electron chi connectivity index (χ0n) is 13.0. The molecule has 1 spiro atoms. The molecule has 1 aliphatic carbocycles. The van der Waals surface area contributed by atoms with Crippen LogP contribution in [0.4, 0.5) is 0 Å². The van der Waals surface area contributed by atoms with E-state index in [2.05, 4.69) is 0 Å². The maximum atomic E-state index is 12.4. The molecule has 1 aromatic rings. The lowest BCUT2D eigenvalue weighted by Gasteiger charge is -2.31. The Balaban J connectivity index is 1.96. The van der Waals surface area contributed by atoms with Gasteiger partial charge in [0.25, 0.3) is 0 Å². The molecule has 2 fully saturated rings. The number of carbonyl (C=O) groups is 1. The van der Waals surface area contributed by atoms with E-state index >= 15 is 0 Å². The summed E-state index contributed by atoms with van der Waals surface area (Å²) < 4.78 is 17.5. The average Bonchev–Trinajstić information content (AvgIpc) is 2.87. The Morgan fingerprint density at radius 3 is 2.48 bits per heavy atom. The van der Waals surface area contributed by atoms with Gasteiger partial charge in [0.1, 0.15) is 6.10 Å². The molecule has 1 saturated carbocycles. The zero-order valence-corrected chi connectivity index (χ0v) is 14.5. The van der Waals surface area contributed by atoms with Crippen LogP contribution >= 0.6 is 23.2 Å². The van der Waals surface area contributed by atoms with E-state index in [1.165, 1.54) is 0 Å². The molecule has 6 heteroatoms. The summed E-state index contributed by atoms with van der Waals surface area (Å²) in [6, 6.07) is 5.24. The van der Waals surface area contributed by atoms with Crippen molar-refractivity contribution < 1.29 is 19.0 Å². The van der Waals surface area contributed by atoms with Crippen molar-refractivity contribution in [2.24, 2.45) is 0 Å². The molecule has 1 aliphatic heterocycles. The summed E-state index contributed by atoms with van der Waals surface area (Å²) in [6.45, 7) is 2.05. The van der Waals surface area contributed by atoms with Crippen LogP contribution in [0.25, 0.3) is 0 Å². The number of hydrogen-bond acceptors (Lipinski definition) is 4. The molecule has 3 rings (SSSR count). The third-order valence-corrected chi connectivity index (χ3v) is 5.04. The summed E-state index contributed by atoms with van der Waals surface area (Å²) in [5.41, 5.74) is 0.594. The Labute approximate surface area is 146 Å². The Hall–Kier alpha value is -0.810. The topological polar surface area (TPSA) is 44.8 Å². The normalized spacial score (nSPS) is 26.4. The van der Waals surface area contributed by atoms with E-state index in [0.29, 0.717) is 15.6 Å². The second-order valence-corrected chi connectivity index (χ2v) is 6.75. The molecule has 0 aromatic heterocycles. The molecule has 0 N–H and O–H groups in total. The number of halogens is 2. The summed E-state index contributed by atoms with van der Waals surface area (Å²) in [7, 11) is 0. The van der Waals surface area contributed by atoms with Crippen LogP contribution in [0.1, 0.15) is 50.7 Å². The van der Waals surface area contributed by atoms with Gasteiger partial charge in [-0.3, -0.25) is 0 Å². The molecular formula is C17H20Cl2O4. The highest BCUT2D eigenvalue weighted by molar-refractivity contribution is 6.36. The molecule has 2 unspecified atom stereocenters. The Kier molecular flexibility index (Phi) is 5.16. The minimum absolute atomic E-state index is 0.286. The zero-order chi connectivity index (χ0) is 16.4. The van der Waals surface area contributed by atoms with Gasteiger partial charge in [0, 0.05) is 28.5 Å². The van der Waals surface area contributed by atoms with Crippen LogP contribution in [-0.2, 0) is 19.0 Å². The first kappa shape index (κ1) is 17.0. The van der Waals surface area contributed by atoms with Crippen LogP contribution in [0, 0.1) is 0 Å². The van der Waals surface area contributed by atoms with Gasteiger partial charge in [-0.2, -0.15) is 0 Å². The van der Waals surface area contributed by atoms with Gasteiger partial charge in [0.2, 0.25) is 0 Å². The Morgan fingerprint density at radius 1 is 1.22 bits per heavy atom. The van der Waals surface area contributed by atoms with E-state index in [-0.39, 0.29) is 6.61 Å². The number of esters is 1. The summed E-state index contributed by atoms with van der Waals surface area (Å²) in [4.78, 5) is 12.4. The Morgan fingerprint density at radius 2 is 1.87 bits per heavy atom. The van der Waals surface area contributed by atoms with Gasteiger partial charge in [0.15, 0.2) is 11.9 Å². The lowest BCUT2D eigenvalue weighted by Crippen LogP contribution is -2.35. The van der Waals surface area contributed by atoms with Crippen LogP contribution in [0.15, 0.2) is 18.2 Å². The summed E-state index contributed by atoms with van der Waals surface area (Å²) in [5, 5.41) is 0.932. The van der Waals surface area contributed by atoms with Gasteiger partial charge in [-0.15, -0.1) is 0 Å². The predicted octanol–water partition coefficient (Wildman–Crippen LogP) is 4.67. The van der Waals surface area contributed by atoms with Crippen LogP contribution in [0.5, 0.6) is 0 Å². The van der Waals surface area contributed by atoms with Crippen molar-refractivity contribution in [2.75, 3.05) is 6.61 Å². The van der Waals surface area contributed by atoms with Crippen LogP contribution < -0.4 is 0 Å². The quantitative estimate of drug-likeness (QED) is 0.736. The maximum Gasteiger partial charge on any atom is 0.338 e. The maximum absolute atomic E-state index is 12.4. The van der Waals surface area contributed by atoms with Crippen molar-refractivity contribution in [2.45, 2.75) is 57.0 Å². The molecule has 2 atom stereocenters. The molecule has 2 aliphatic rings. The lowest BCUT2D eigenvalue weighted by molar-refractivity contribution is -0.200. The molecule has 1 heterocycles. The van der Waals surface area contributed by atoms with E-state index in [4.69, 9.17) is 37.4 Å². The fourth-order valence-corrected chi connectivity index (χ4v) is 3.94. The number of rotatable bonds is 3. The standard InChI is InChI=1S/C17H20Cl2O4/c1-2-21-16(20)15-14(13-11(18)7-6-8-12(13)19)22-17(23-15)9-4-3-5-10-17/h6-8,14-15H,2-5,9-10H2,1H3. The van der Waals surface area contributed by atoms with Crippen molar-refractivity contribution in [3.8, 4) is 0 Å². The summed E-state index contributed by atoms with van der Waals surface area (Å²) >= 11 is 12.6. The fraction of sp³-hybridized carbons (Fsp3) is 0.588. The van der Waals surface area contributed by atoms with Gasteiger partial charge in [0.05, 0.1) is 6.61 Å². The van der Waals surface area contributed by atoms with Gasteiger partial charge in [-0.1, -0.05) is 35.7 Å². The van der Waals surface area contributed by atoms with Gasteiger partial charge >= 0.3 is 5.97 Å². The number of hydrogen-bond donors (Lipinski definition) is 0. The SMILES string of the molecule is CCOC(=O)C1OC2(CCCCC2)OC1c1c(Cl)cccc1Cl. The van der Waals surface area contributed by atoms with Crippen molar-refractivity contribution in [1.82, 2.24) is 0 Å². The van der Waals surface area contributed by atoms with Gasteiger partial charge in [-0.05, 0) is 31.9 Å². The van der Waals surface area contributed by atoms with Crippen molar-refractivity contribution in [3.05, 3.63) is 33.8 Å². The Bertz CT molecular complexity index is 564. The summed E-state index contributed by atoms with van der Waals surface area (Å²) in [5.74, 6) is -1.17. The smallest absolute Gasteiger partial charge is 0.338 e. The largest absolute Gasteiger partial charge is 0.464 e. The lowest BCUT2D eigenvalue weighted by atomic mass is 9.94. The second kappa shape index (κ2) is 6.98. The minimum atomic E-state index is -0.842. The fourth-order valence-electron chi connectivity index (χ4n) is 3.33. The third kappa shape index (κ3) is 3.36. The number of ether oxygens (including phenoxy) is 3. The molecule has 0 radical (unpaired) electrons. The number of benzene rings is 1. The molecule has 0 bridgehead atoms. The molecule has 0 amide bonds. The minimum Gasteiger partial charge on any atom is -0.464 e. The van der Waals surface area contributed by atoms with E-state index in [1.807, 2.05) is 0 Å². The second-order valence-electron chi connectivity index (χ2n) is 5.94. The van der Waals surface area contributed by atoms with Crippen LogP contribution in [0.3, 0.4) is 0 Å². The summed E-state index contributed by atoms with van der Waals surface area (Å²) in [6.07, 6.45) is 3.22. The molecular weight excluding hydrogens is 339 g/mol. The molecule has 4 nitrogen and oxygen atoms in total. The highest BCUT2D eigenvalue weighted by Gasteiger charge is 2.52. The monoisotopic (exact) mass is 358 g/mol. The van der Waals surface area contributed by atoms with Crippen LogP contribution in [-0.4, -0.2) is 24.5 Å². The van der Waals surface area contributed by atoms with E-state index in [0.717, 1.165) is 32.1 Å². The van der Waals surface area contributed by atoms with E-state index in [1.54, 1.807) is 25.1 Å². The molecule has 23 heavy (non-hydrogen) atoms. The van der Waals surface area contributed by atoms with Crippen molar-refractivity contribution >= 4 is 29.2 Å². The highest BCUT2D eigenvalue weighted by atomic mass is 35.5. The van der Waals surface area contributed by atoms with E-state index < -0.39 is 24.0 Å². The molecule has 126 valence electrons. The average molecular weight is 359 g/mol. The number of carbonyl (C=O) groups excluding carboxylic acids is 1. The first-order chi connectivity index (χ1) is 11.1. The van der Waals surface area contributed by atoms with E-state index in [9.17, 15) is 4.79 Å². The highest BCUT2D eigenvalue weighted by Crippen LogP contribution is 2.49. The third-order valence-electron chi connectivity index (χ3n) is 4.38. The predicted molar refractivity (Wildman–Crippen MR) is 87.6 cm³/mol. The van der Waals surface area contributed by atoms with Gasteiger partial charge < -0.3 is 14.2 Å². The van der Waals surface area contributed by atoms with Gasteiger partial charge in [-0.25, -0.2) is 4.79 Å². The van der Waals surface area contributed by atoms with Crippen molar-refractivity contribution in [3.63, 3.8) is 0 Å².